The molecule has 1 aromatic carbocycles. The van der Waals surface area contributed by atoms with E-state index in [0.29, 0.717) is 11.0 Å². The highest BCUT2D eigenvalue weighted by atomic mass is 127. The van der Waals surface area contributed by atoms with Crippen LogP contribution in [0.25, 0.3) is 11.4 Å². The zero-order valence-electron chi connectivity index (χ0n) is 12.8. The van der Waals surface area contributed by atoms with Crippen molar-refractivity contribution in [2.75, 3.05) is 11.1 Å². The zero-order chi connectivity index (χ0) is 16.9. The van der Waals surface area contributed by atoms with Gasteiger partial charge in [-0.2, -0.15) is 0 Å². The third-order valence-electron chi connectivity index (χ3n) is 3.19. The Kier molecular flexibility index (Phi) is 5.46. The van der Waals surface area contributed by atoms with Crippen molar-refractivity contribution in [3.8, 4) is 11.4 Å². The minimum atomic E-state index is -0.0861. The molecular weight excluding hydrogens is 437 g/mol. The first-order chi connectivity index (χ1) is 11.6. The number of carbonyl (C=O) groups excluding carboxylic acids is 1. The average molecular weight is 451 g/mol. The lowest BCUT2D eigenvalue weighted by atomic mass is 10.2. The minimum Gasteiger partial charge on any atom is -0.325 e. The number of benzene rings is 1. The molecule has 2 heterocycles. The molecule has 0 spiro atoms. The molecule has 24 heavy (non-hydrogen) atoms. The first-order valence-electron chi connectivity index (χ1n) is 7.13. The van der Waals surface area contributed by atoms with Gasteiger partial charge in [0.15, 0.2) is 5.82 Å². The molecule has 2 aromatic heterocycles. The molecule has 0 bridgehead atoms. The molecule has 0 aliphatic heterocycles. The number of pyridine rings is 1. The Hall–Kier alpha value is -1.94. The average Bonchev–Trinajstić information content (AvgIpc) is 3.05. The summed E-state index contributed by atoms with van der Waals surface area (Å²) < 4.78 is 1.14. The number of aromatic amines is 1. The van der Waals surface area contributed by atoms with Crippen molar-refractivity contribution in [1.29, 1.82) is 0 Å². The van der Waals surface area contributed by atoms with Crippen LogP contribution in [0.15, 0.2) is 47.9 Å². The molecule has 0 fully saturated rings. The molecule has 3 rings (SSSR count). The summed E-state index contributed by atoms with van der Waals surface area (Å²) in [5.41, 5.74) is 2.72. The third kappa shape index (κ3) is 4.32. The van der Waals surface area contributed by atoms with Crippen LogP contribution in [0, 0.1) is 10.5 Å². The molecule has 0 aliphatic rings. The van der Waals surface area contributed by atoms with E-state index in [1.54, 1.807) is 12.4 Å². The number of carbonyl (C=O) groups is 1. The SMILES string of the molecule is Cc1cc(I)ccc1NC(=O)CSc1n[nH]c(-c2cccnc2)n1. The van der Waals surface area contributed by atoms with E-state index in [0.717, 1.165) is 20.4 Å². The van der Waals surface area contributed by atoms with Crippen molar-refractivity contribution in [1.82, 2.24) is 20.2 Å². The summed E-state index contributed by atoms with van der Waals surface area (Å²) in [6.07, 6.45) is 3.41. The number of nitrogens with zero attached hydrogens (tertiary/aromatic N) is 3. The normalized spacial score (nSPS) is 10.6. The number of hydrogen-bond donors (Lipinski definition) is 2. The lowest BCUT2D eigenvalue weighted by Crippen LogP contribution is -2.15. The van der Waals surface area contributed by atoms with Gasteiger partial charge in [-0.15, -0.1) is 5.10 Å². The van der Waals surface area contributed by atoms with Gasteiger partial charge in [0.25, 0.3) is 0 Å². The van der Waals surface area contributed by atoms with E-state index in [-0.39, 0.29) is 11.7 Å². The van der Waals surface area contributed by atoms with E-state index < -0.39 is 0 Å². The molecule has 0 atom stereocenters. The van der Waals surface area contributed by atoms with E-state index in [9.17, 15) is 4.79 Å². The predicted octanol–water partition coefficient (Wildman–Crippen LogP) is 3.51. The van der Waals surface area contributed by atoms with Crippen LogP contribution in [0.4, 0.5) is 5.69 Å². The Morgan fingerprint density at radius 1 is 1.38 bits per heavy atom. The Balaban J connectivity index is 1.58. The first kappa shape index (κ1) is 16.9. The van der Waals surface area contributed by atoms with Gasteiger partial charge in [-0.1, -0.05) is 11.8 Å². The Morgan fingerprint density at radius 3 is 3.00 bits per heavy atom. The number of nitrogens with one attached hydrogen (secondary N) is 2. The van der Waals surface area contributed by atoms with Crippen LogP contribution in [0.1, 0.15) is 5.56 Å². The van der Waals surface area contributed by atoms with E-state index in [1.807, 2.05) is 37.3 Å². The smallest absolute Gasteiger partial charge is 0.234 e. The van der Waals surface area contributed by atoms with Crippen molar-refractivity contribution in [3.63, 3.8) is 0 Å². The van der Waals surface area contributed by atoms with E-state index >= 15 is 0 Å². The highest BCUT2D eigenvalue weighted by Crippen LogP contribution is 2.20. The summed E-state index contributed by atoms with van der Waals surface area (Å²) >= 11 is 3.53. The van der Waals surface area contributed by atoms with Crippen LogP contribution in [0.3, 0.4) is 0 Å². The van der Waals surface area contributed by atoms with E-state index in [4.69, 9.17) is 0 Å². The Labute approximate surface area is 157 Å². The highest BCUT2D eigenvalue weighted by molar-refractivity contribution is 14.1. The number of halogens is 1. The Bertz CT molecular complexity index is 853. The molecule has 0 saturated carbocycles. The van der Waals surface area contributed by atoms with Crippen LogP contribution in [-0.4, -0.2) is 31.8 Å². The van der Waals surface area contributed by atoms with E-state index in [2.05, 4.69) is 48.1 Å². The number of thioether (sulfide) groups is 1. The first-order valence-corrected chi connectivity index (χ1v) is 9.20. The monoisotopic (exact) mass is 451 g/mol. The van der Waals surface area contributed by atoms with Crippen molar-refractivity contribution < 1.29 is 4.79 Å². The number of aryl methyl sites for hydroxylation is 1. The molecule has 0 unspecified atom stereocenters. The van der Waals surface area contributed by atoms with Gasteiger partial charge in [-0.3, -0.25) is 14.9 Å². The summed E-state index contributed by atoms with van der Waals surface area (Å²) in [6, 6.07) is 9.63. The summed E-state index contributed by atoms with van der Waals surface area (Å²) in [6.45, 7) is 1.97. The second-order valence-corrected chi connectivity index (χ2v) is 7.19. The van der Waals surface area contributed by atoms with Gasteiger partial charge in [0.05, 0.1) is 5.75 Å². The van der Waals surface area contributed by atoms with Gasteiger partial charge >= 0.3 is 0 Å². The molecule has 3 aromatic rings. The van der Waals surface area contributed by atoms with Crippen molar-refractivity contribution in [2.45, 2.75) is 12.1 Å². The number of aromatic nitrogens is 4. The van der Waals surface area contributed by atoms with Gasteiger partial charge in [-0.05, 0) is 65.4 Å². The van der Waals surface area contributed by atoms with Crippen LogP contribution >= 0.6 is 34.4 Å². The zero-order valence-corrected chi connectivity index (χ0v) is 15.8. The van der Waals surface area contributed by atoms with Crippen molar-refractivity contribution in [2.24, 2.45) is 0 Å². The summed E-state index contributed by atoms with van der Waals surface area (Å²) in [5.74, 6) is 0.798. The lowest BCUT2D eigenvalue weighted by molar-refractivity contribution is -0.113. The molecule has 8 heteroatoms. The van der Waals surface area contributed by atoms with Crippen LogP contribution in [-0.2, 0) is 4.79 Å². The molecule has 122 valence electrons. The molecule has 1 amide bonds. The van der Waals surface area contributed by atoms with Gasteiger partial charge in [-0.25, -0.2) is 4.98 Å². The second kappa shape index (κ2) is 7.75. The fraction of sp³-hybridized carbons (Fsp3) is 0.125. The minimum absolute atomic E-state index is 0.0861. The summed E-state index contributed by atoms with van der Waals surface area (Å²) in [5, 5.41) is 10.4. The molecule has 6 nitrogen and oxygen atoms in total. The standard InChI is InChI=1S/C16H14IN5OS/c1-10-7-12(17)4-5-13(10)19-14(23)9-24-16-20-15(21-22-16)11-3-2-6-18-8-11/h2-8H,9H2,1H3,(H,19,23)(H,20,21,22). The maximum atomic E-state index is 12.1. The number of hydrogen-bond acceptors (Lipinski definition) is 5. The molecule has 0 saturated heterocycles. The van der Waals surface area contributed by atoms with Crippen molar-refractivity contribution in [3.05, 3.63) is 51.9 Å². The van der Waals surface area contributed by atoms with Crippen LogP contribution in [0.5, 0.6) is 0 Å². The topological polar surface area (TPSA) is 83.6 Å². The summed E-state index contributed by atoms with van der Waals surface area (Å²) in [7, 11) is 0. The molecule has 0 aliphatic carbocycles. The summed E-state index contributed by atoms with van der Waals surface area (Å²) in [4.78, 5) is 20.5. The number of rotatable bonds is 5. The van der Waals surface area contributed by atoms with Gasteiger partial charge < -0.3 is 5.32 Å². The third-order valence-corrected chi connectivity index (χ3v) is 4.71. The molecular formula is C16H14IN5OS. The van der Waals surface area contributed by atoms with Crippen LogP contribution in [0.2, 0.25) is 0 Å². The van der Waals surface area contributed by atoms with Gasteiger partial charge in [0.1, 0.15) is 0 Å². The van der Waals surface area contributed by atoms with Gasteiger partial charge in [0.2, 0.25) is 11.1 Å². The second-order valence-electron chi connectivity index (χ2n) is 5.00. The lowest BCUT2D eigenvalue weighted by Gasteiger charge is -2.07. The van der Waals surface area contributed by atoms with Crippen molar-refractivity contribution >= 4 is 45.9 Å². The van der Waals surface area contributed by atoms with Gasteiger partial charge in [0, 0.05) is 27.2 Å². The number of amides is 1. The highest BCUT2D eigenvalue weighted by Gasteiger charge is 2.10. The fourth-order valence-corrected chi connectivity index (χ4v) is 3.27. The van der Waals surface area contributed by atoms with E-state index in [1.165, 1.54) is 11.8 Å². The number of anilines is 1. The largest absolute Gasteiger partial charge is 0.325 e. The molecule has 2 N–H and O–H groups in total. The number of H-pyrrole nitrogens is 1. The van der Waals surface area contributed by atoms with Crippen LogP contribution < -0.4 is 5.32 Å². The maximum Gasteiger partial charge on any atom is 0.234 e. The fourth-order valence-electron chi connectivity index (χ4n) is 2.03. The maximum absolute atomic E-state index is 12.1. The predicted molar refractivity (Wildman–Crippen MR) is 103 cm³/mol. The quantitative estimate of drug-likeness (QED) is 0.458. The molecule has 0 radical (unpaired) electrons. The Morgan fingerprint density at radius 2 is 2.25 bits per heavy atom.